The van der Waals surface area contributed by atoms with Gasteiger partial charge in [-0.05, 0) is 55.7 Å². The summed E-state index contributed by atoms with van der Waals surface area (Å²) in [7, 11) is 0. The number of hydrogen-bond donors (Lipinski definition) is 0. The van der Waals surface area contributed by atoms with Crippen LogP contribution < -0.4 is 4.74 Å². The molecule has 6 heteroatoms. The van der Waals surface area contributed by atoms with Crippen LogP contribution in [-0.4, -0.2) is 14.8 Å². The van der Waals surface area contributed by atoms with E-state index in [1.165, 1.54) is 11.1 Å². The molecule has 0 radical (unpaired) electrons. The highest BCUT2D eigenvalue weighted by atomic mass is 35.5. The molecule has 0 spiro atoms. The molecule has 0 saturated heterocycles. The first-order chi connectivity index (χ1) is 13.1. The molecule has 142 valence electrons. The van der Waals surface area contributed by atoms with Gasteiger partial charge in [0.25, 0.3) is 0 Å². The number of halogens is 1. The first kappa shape index (κ1) is 19.8. The number of hydrogen-bond acceptors (Lipinski definition) is 4. The average Bonchev–Trinajstić information content (AvgIpc) is 3.11. The van der Waals surface area contributed by atoms with Crippen molar-refractivity contribution in [2.75, 3.05) is 0 Å². The van der Waals surface area contributed by atoms with Gasteiger partial charge in [-0.2, -0.15) is 0 Å². The summed E-state index contributed by atoms with van der Waals surface area (Å²) in [6, 6.07) is 16.1. The van der Waals surface area contributed by atoms with Gasteiger partial charge in [-0.3, -0.25) is 0 Å². The van der Waals surface area contributed by atoms with E-state index in [-0.39, 0.29) is 6.10 Å². The Labute approximate surface area is 169 Å². The van der Waals surface area contributed by atoms with E-state index < -0.39 is 0 Å². The maximum absolute atomic E-state index is 6.08. The van der Waals surface area contributed by atoms with Crippen molar-refractivity contribution in [3.05, 3.63) is 70.5 Å². The number of ether oxygens (including phenoxy) is 1. The zero-order chi connectivity index (χ0) is 19.2. The van der Waals surface area contributed by atoms with E-state index in [1.54, 1.807) is 11.8 Å². The van der Waals surface area contributed by atoms with Crippen LogP contribution in [0.3, 0.4) is 0 Å². The van der Waals surface area contributed by atoms with Crippen molar-refractivity contribution < 1.29 is 4.74 Å². The number of benzene rings is 2. The van der Waals surface area contributed by atoms with Crippen LogP contribution in [0.1, 0.15) is 43.8 Å². The van der Waals surface area contributed by atoms with Gasteiger partial charge in [0.1, 0.15) is 5.75 Å². The van der Waals surface area contributed by atoms with Crippen molar-refractivity contribution in [2.45, 2.75) is 50.8 Å². The molecular weight excluding hydrogens is 378 g/mol. The lowest BCUT2D eigenvalue weighted by molar-refractivity contribution is 0.210. The third kappa shape index (κ3) is 5.05. The Hall–Kier alpha value is -1.98. The largest absolute Gasteiger partial charge is 0.483 e. The monoisotopic (exact) mass is 401 g/mol. The predicted octanol–water partition coefficient (Wildman–Crippen LogP) is 5.95. The third-order valence-corrected chi connectivity index (χ3v) is 5.64. The highest BCUT2D eigenvalue weighted by Gasteiger charge is 2.18. The smallest absolute Gasteiger partial charge is 0.191 e. The summed E-state index contributed by atoms with van der Waals surface area (Å²) in [5.74, 6) is 2.51. The van der Waals surface area contributed by atoms with Crippen molar-refractivity contribution >= 4 is 23.4 Å². The van der Waals surface area contributed by atoms with Gasteiger partial charge in [-0.15, -0.1) is 10.2 Å². The minimum absolute atomic E-state index is 0.171. The maximum atomic E-state index is 6.08. The zero-order valence-electron chi connectivity index (χ0n) is 15.9. The van der Waals surface area contributed by atoms with Crippen LogP contribution in [0.5, 0.6) is 5.75 Å². The Balaban J connectivity index is 1.69. The fourth-order valence-corrected chi connectivity index (χ4v) is 3.89. The molecule has 0 aliphatic rings. The molecule has 0 fully saturated rings. The maximum Gasteiger partial charge on any atom is 0.191 e. The summed E-state index contributed by atoms with van der Waals surface area (Å²) in [6.45, 7) is 7.05. The van der Waals surface area contributed by atoms with E-state index >= 15 is 0 Å². The van der Waals surface area contributed by atoms with Crippen LogP contribution in [-0.2, 0) is 18.7 Å². The van der Waals surface area contributed by atoms with Gasteiger partial charge in [0.15, 0.2) is 17.1 Å². The van der Waals surface area contributed by atoms with Crippen molar-refractivity contribution in [1.29, 1.82) is 0 Å². The summed E-state index contributed by atoms with van der Waals surface area (Å²) in [5, 5.41) is 10.4. The lowest BCUT2D eigenvalue weighted by Crippen LogP contribution is -2.12. The van der Waals surface area contributed by atoms with E-state index in [9.17, 15) is 0 Å². The summed E-state index contributed by atoms with van der Waals surface area (Å²) in [5.41, 5.74) is 2.50. The lowest BCUT2D eigenvalue weighted by atomic mass is 10.2. The number of thioether (sulfide) groups is 1. The standard InChI is InChI=1S/C21H24ClN3OS/c1-4-16-8-12-19(13-9-16)26-15(3)20-23-24-21(25(20)5-2)27-14-17-6-10-18(22)11-7-17/h6-13,15H,4-5,14H2,1-3H3/t15-/m0/s1. The molecule has 0 unspecified atom stereocenters. The topological polar surface area (TPSA) is 39.9 Å². The van der Waals surface area contributed by atoms with E-state index in [1.807, 2.05) is 43.3 Å². The van der Waals surface area contributed by atoms with Gasteiger partial charge in [0.2, 0.25) is 0 Å². The molecule has 1 heterocycles. The molecule has 4 nitrogen and oxygen atoms in total. The molecule has 0 aliphatic heterocycles. The lowest BCUT2D eigenvalue weighted by Gasteiger charge is -2.16. The number of aromatic nitrogens is 3. The number of aryl methyl sites for hydroxylation is 1. The van der Waals surface area contributed by atoms with E-state index in [0.29, 0.717) is 0 Å². The summed E-state index contributed by atoms with van der Waals surface area (Å²) >= 11 is 7.62. The summed E-state index contributed by atoms with van der Waals surface area (Å²) in [6.07, 6.45) is 0.851. The van der Waals surface area contributed by atoms with Gasteiger partial charge in [-0.1, -0.05) is 54.6 Å². The summed E-state index contributed by atoms with van der Waals surface area (Å²) in [4.78, 5) is 0. The van der Waals surface area contributed by atoms with Crippen molar-refractivity contribution in [2.24, 2.45) is 0 Å². The van der Waals surface area contributed by atoms with Crippen LogP contribution in [0.15, 0.2) is 53.7 Å². The highest BCUT2D eigenvalue weighted by Crippen LogP contribution is 2.27. The van der Waals surface area contributed by atoms with Crippen LogP contribution in [0.25, 0.3) is 0 Å². The van der Waals surface area contributed by atoms with Crippen LogP contribution in [0, 0.1) is 0 Å². The average molecular weight is 402 g/mol. The SMILES string of the molecule is CCc1ccc(O[C@@H](C)c2nnc(SCc3ccc(Cl)cc3)n2CC)cc1. The molecule has 3 rings (SSSR count). The highest BCUT2D eigenvalue weighted by molar-refractivity contribution is 7.98. The molecule has 0 aliphatic carbocycles. The normalized spacial score (nSPS) is 12.1. The first-order valence-corrected chi connectivity index (χ1v) is 10.5. The number of nitrogens with zero attached hydrogens (tertiary/aromatic N) is 3. The molecule has 0 N–H and O–H groups in total. The molecular formula is C21H24ClN3OS. The molecule has 1 aromatic heterocycles. The van der Waals surface area contributed by atoms with Crippen molar-refractivity contribution in [3.8, 4) is 5.75 Å². The van der Waals surface area contributed by atoms with Crippen LogP contribution >= 0.6 is 23.4 Å². The molecule has 2 aromatic carbocycles. The summed E-state index contributed by atoms with van der Waals surface area (Å²) < 4.78 is 8.20. The Morgan fingerprint density at radius 3 is 2.30 bits per heavy atom. The molecule has 1 atom stereocenters. The first-order valence-electron chi connectivity index (χ1n) is 9.16. The van der Waals surface area contributed by atoms with Crippen molar-refractivity contribution in [1.82, 2.24) is 14.8 Å². The second-order valence-corrected chi connectivity index (χ2v) is 7.64. The molecule has 0 bridgehead atoms. The fraction of sp³-hybridized carbons (Fsp3) is 0.333. The van der Waals surface area contributed by atoms with Gasteiger partial charge in [0, 0.05) is 17.3 Å². The quantitative estimate of drug-likeness (QED) is 0.437. The Morgan fingerprint density at radius 1 is 1.00 bits per heavy atom. The molecule has 0 saturated carbocycles. The molecule has 0 amide bonds. The van der Waals surface area contributed by atoms with Crippen LogP contribution in [0.2, 0.25) is 5.02 Å². The van der Waals surface area contributed by atoms with Crippen LogP contribution in [0.4, 0.5) is 0 Å². The van der Waals surface area contributed by atoms with Gasteiger partial charge in [-0.25, -0.2) is 0 Å². The van der Waals surface area contributed by atoms with E-state index in [4.69, 9.17) is 16.3 Å². The van der Waals surface area contributed by atoms with E-state index in [0.717, 1.165) is 40.5 Å². The second kappa shape index (κ2) is 9.29. The van der Waals surface area contributed by atoms with E-state index in [2.05, 4.69) is 40.7 Å². The second-order valence-electron chi connectivity index (χ2n) is 6.26. The van der Waals surface area contributed by atoms with Gasteiger partial charge < -0.3 is 9.30 Å². The van der Waals surface area contributed by atoms with Gasteiger partial charge >= 0.3 is 0 Å². The Morgan fingerprint density at radius 2 is 1.67 bits per heavy atom. The van der Waals surface area contributed by atoms with Gasteiger partial charge in [0.05, 0.1) is 0 Å². The minimum atomic E-state index is -0.171. The Kier molecular flexibility index (Phi) is 6.80. The number of rotatable bonds is 8. The zero-order valence-corrected chi connectivity index (χ0v) is 17.4. The fourth-order valence-electron chi connectivity index (χ4n) is 2.79. The Bertz CT molecular complexity index is 862. The molecule has 27 heavy (non-hydrogen) atoms. The predicted molar refractivity (Wildman–Crippen MR) is 112 cm³/mol. The molecule has 3 aromatic rings. The minimum Gasteiger partial charge on any atom is -0.483 e. The third-order valence-electron chi connectivity index (χ3n) is 4.35. The van der Waals surface area contributed by atoms with Crippen molar-refractivity contribution in [3.63, 3.8) is 0 Å².